The van der Waals surface area contributed by atoms with Crippen LogP contribution in [0, 0.1) is 16.7 Å². The Labute approximate surface area is 219 Å². The van der Waals surface area contributed by atoms with E-state index in [9.17, 15) is 24.3 Å². The lowest BCUT2D eigenvalue weighted by molar-refractivity contribution is -0.0159. The Morgan fingerprint density at radius 2 is 2.08 bits per heavy atom. The van der Waals surface area contributed by atoms with Gasteiger partial charge in [-0.2, -0.15) is 10.4 Å². The molecule has 0 aliphatic carbocycles. The average molecular weight is 520 g/mol. The molecule has 38 heavy (non-hydrogen) atoms. The van der Waals surface area contributed by atoms with E-state index in [1.165, 1.54) is 29.5 Å². The monoisotopic (exact) mass is 519 g/mol. The molecule has 3 aromatic rings. The molecule has 0 radical (unpaired) electrons. The Balaban J connectivity index is 1.48. The van der Waals surface area contributed by atoms with Crippen molar-refractivity contribution in [1.82, 2.24) is 19.5 Å². The molecule has 0 spiro atoms. The van der Waals surface area contributed by atoms with E-state index in [-0.39, 0.29) is 19.0 Å². The highest BCUT2D eigenvalue weighted by molar-refractivity contribution is 6.10. The molecule has 1 fully saturated rings. The molecule has 2 aliphatic rings. The predicted octanol–water partition coefficient (Wildman–Crippen LogP) is 3.18. The fourth-order valence-corrected chi connectivity index (χ4v) is 4.87. The number of carbonyl (C=O) groups is 2. The van der Waals surface area contributed by atoms with Crippen LogP contribution in [0.3, 0.4) is 0 Å². The summed E-state index contributed by atoms with van der Waals surface area (Å²) in [6.07, 6.45) is 4.40. The van der Waals surface area contributed by atoms with E-state index in [2.05, 4.69) is 26.4 Å². The van der Waals surface area contributed by atoms with E-state index in [0.717, 1.165) is 0 Å². The van der Waals surface area contributed by atoms with Crippen molar-refractivity contribution in [3.05, 3.63) is 53.5 Å². The second-order valence-electron chi connectivity index (χ2n) is 10.9. The van der Waals surface area contributed by atoms with E-state index in [0.29, 0.717) is 59.6 Å². The summed E-state index contributed by atoms with van der Waals surface area (Å²) < 4.78 is 16.1. The van der Waals surface area contributed by atoms with Gasteiger partial charge in [0.15, 0.2) is 5.65 Å². The molecule has 2 aliphatic heterocycles. The SMILES string of the molecule is CC1(C#N)CCN(c2cc3c(cc2NC(=O)c2cnn4cccnc24)CN(CC(F)C(C)(C)O)C3=O)CC1. The number of aromatic nitrogens is 3. The topological polar surface area (TPSA) is 127 Å². The van der Waals surface area contributed by atoms with Crippen molar-refractivity contribution >= 4 is 28.8 Å². The molecule has 0 saturated carbocycles. The van der Waals surface area contributed by atoms with E-state index >= 15 is 0 Å². The smallest absolute Gasteiger partial charge is 0.261 e. The molecule has 5 rings (SSSR count). The number of benzene rings is 1. The maximum Gasteiger partial charge on any atom is 0.261 e. The van der Waals surface area contributed by atoms with Gasteiger partial charge in [-0.3, -0.25) is 9.59 Å². The van der Waals surface area contributed by atoms with Crippen LogP contribution in [0.4, 0.5) is 15.8 Å². The zero-order valence-electron chi connectivity index (χ0n) is 21.6. The van der Waals surface area contributed by atoms with Gasteiger partial charge >= 0.3 is 0 Å². The van der Waals surface area contributed by atoms with Gasteiger partial charge in [-0.05, 0) is 57.4 Å². The fourth-order valence-electron chi connectivity index (χ4n) is 4.87. The zero-order chi connectivity index (χ0) is 27.2. The highest BCUT2D eigenvalue weighted by Gasteiger charge is 2.37. The number of nitrogens with zero attached hydrogens (tertiary/aromatic N) is 6. The summed E-state index contributed by atoms with van der Waals surface area (Å²) in [4.78, 5) is 34.3. The van der Waals surface area contributed by atoms with E-state index in [1.54, 1.807) is 30.6 Å². The van der Waals surface area contributed by atoms with Crippen molar-refractivity contribution in [2.75, 3.05) is 29.9 Å². The Morgan fingerprint density at radius 1 is 1.34 bits per heavy atom. The zero-order valence-corrected chi connectivity index (χ0v) is 21.6. The van der Waals surface area contributed by atoms with Crippen LogP contribution >= 0.6 is 0 Å². The lowest BCUT2D eigenvalue weighted by Crippen LogP contribution is -2.42. The van der Waals surface area contributed by atoms with Gasteiger partial charge in [-0.15, -0.1) is 0 Å². The van der Waals surface area contributed by atoms with E-state index in [4.69, 9.17) is 0 Å². The van der Waals surface area contributed by atoms with Gasteiger partial charge in [-0.1, -0.05) is 0 Å². The molecule has 10 nitrogen and oxygen atoms in total. The number of alkyl halides is 1. The average Bonchev–Trinajstić information content (AvgIpc) is 3.44. The van der Waals surface area contributed by atoms with E-state index in [1.807, 2.05) is 6.92 Å². The number of amides is 2. The highest BCUT2D eigenvalue weighted by atomic mass is 19.1. The molecule has 2 aromatic heterocycles. The molecule has 1 atom stereocenters. The number of halogens is 1. The van der Waals surface area contributed by atoms with Crippen LogP contribution in [-0.2, 0) is 6.54 Å². The lowest BCUT2D eigenvalue weighted by Gasteiger charge is -2.37. The second-order valence-corrected chi connectivity index (χ2v) is 10.9. The standard InChI is InChI=1S/C27H30FN7O3/c1-26(2,38)22(28)15-34-14-17-11-20(32-24(36)19-13-31-35-8-4-7-30-23(19)35)21(12-18(17)25(34)37)33-9-5-27(3,16-29)6-10-33/h4,7-8,11-13,22,38H,5-6,9-10,14-15H2,1-3H3,(H,32,36). The minimum absolute atomic E-state index is 0.165. The molecule has 4 heterocycles. The summed E-state index contributed by atoms with van der Waals surface area (Å²) in [6, 6.07) is 7.61. The van der Waals surface area contributed by atoms with Crippen molar-refractivity contribution in [3.8, 4) is 6.07 Å². The molecule has 198 valence electrons. The molecule has 11 heteroatoms. The van der Waals surface area contributed by atoms with Crippen LogP contribution < -0.4 is 10.2 Å². The predicted molar refractivity (Wildman–Crippen MR) is 138 cm³/mol. The van der Waals surface area contributed by atoms with Crippen molar-refractivity contribution in [1.29, 1.82) is 5.26 Å². The number of rotatable bonds is 6. The van der Waals surface area contributed by atoms with Crippen LogP contribution in [0.1, 0.15) is 59.9 Å². The van der Waals surface area contributed by atoms with Crippen molar-refractivity contribution in [2.24, 2.45) is 5.41 Å². The summed E-state index contributed by atoms with van der Waals surface area (Å²) in [7, 11) is 0. The summed E-state index contributed by atoms with van der Waals surface area (Å²) in [5.41, 5.74) is 0.978. The van der Waals surface area contributed by atoms with Crippen LogP contribution in [0.15, 0.2) is 36.8 Å². The third-order valence-corrected chi connectivity index (χ3v) is 7.50. The Morgan fingerprint density at radius 3 is 2.76 bits per heavy atom. The number of hydrogen-bond donors (Lipinski definition) is 2. The lowest BCUT2D eigenvalue weighted by atomic mass is 9.82. The molecule has 0 bridgehead atoms. The summed E-state index contributed by atoms with van der Waals surface area (Å²) >= 11 is 0. The van der Waals surface area contributed by atoms with Crippen LogP contribution in [0.2, 0.25) is 0 Å². The first-order valence-corrected chi connectivity index (χ1v) is 12.6. The van der Waals surface area contributed by atoms with Gasteiger partial charge in [0.25, 0.3) is 11.8 Å². The largest absolute Gasteiger partial charge is 0.387 e. The molecule has 2 amide bonds. The van der Waals surface area contributed by atoms with Gasteiger partial charge in [0.1, 0.15) is 11.7 Å². The number of nitriles is 1. The maximum absolute atomic E-state index is 14.6. The first-order valence-electron chi connectivity index (χ1n) is 12.6. The van der Waals surface area contributed by atoms with Gasteiger partial charge in [-0.25, -0.2) is 13.9 Å². The number of anilines is 2. The third kappa shape index (κ3) is 4.67. The van der Waals surface area contributed by atoms with Crippen LogP contribution in [0.5, 0.6) is 0 Å². The number of nitrogens with one attached hydrogen (secondary N) is 1. The molecular formula is C27H30FN7O3. The molecule has 1 unspecified atom stereocenters. The quantitative estimate of drug-likeness (QED) is 0.512. The van der Waals surface area contributed by atoms with Gasteiger partial charge in [0.2, 0.25) is 0 Å². The number of carbonyl (C=O) groups excluding carboxylic acids is 2. The van der Waals surface area contributed by atoms with Crippen molar-refractivity contribution in [3.63, 3.8) is 0 Å². The first kappa shape index (κ1) is 25.6. The number of piperidine rings is 1. The van der Waals surface area contributed by atoms with Gasteiger partial charge in [0.05, 0.1) is 41.2 Å². The molecular weight excluding hydrogens is 489 g/mol. The minimum atomic E-state index is -1.62. The fraction of sp³-hybridized carbons (Fsp3) is 0.444. The van der Waals surface area contributed by atoms with Crippen LogP contribution in [-0.4, -0.2) is 67.8 Å². The highest BCUT2D eigenvalue weighted by Crippen LogP contribution is 2.39. The maximum atomic E-state index is 14.6. The van der Waals surface area contributed by atoms with Crippen LogP contribution in [0.25, 0.3) is 5.65 Å². The number of hydrogen-bond acceptors (Lipinski definition) is 7. The summed E-state index contributed by atoms with van der Waals surface area (Å²) in [5.74, 6) is -0.720. The normalized spacial score (nSPS) is 17.8. The van der Waals surface area contributed by atoms with E-state index < -0.39 is 23.1 Å². The Kier molecular flexibility index (Phi) is 6.31. The van der Waals surface area contributed by atoms with Crippen molar-refractivity contribution < 1.29 is 19.1 Å². The van der Waals surface area contributed by atoms with Gasteiger partial charge < -0.3 is 20.2 Å². The first-order chi connectivity index (χ1) is 18.0. The number of fused-ring (bicyclic) bond motifs is 2. The van der Waals surface area contributed by atoms with Gasteiger partial charge in [0, 0.05) is 37.6 Å². The Bertz CT molecular complexity index is 1450. The second kappa shape index (κ2) is 9.36. The molecule has 1 saturated heterocycles. The molecule has 1 aromatic carbocycles. The third-order valence-electron chi connectivity index (χ3n) is 7.50. The summed E-state index contributed by atoms with van der Waals surface area (Å²) in [6.45, 7) is 5.76. The minimum Gasteiger partial charge on any atom is -0.387 e. The summed E-state index contributed by atoms with van der Waals surface area (Å²) in [5, 5.41) is 26.8. The Hall–Kier alpha value is -4.04. The molecule has 2 N–H and O–H groups in total. The van der Waals surface area contributed by atoms with Crippen molar-refractivity contribution in [2.45, 2.75) is 51.9 Å². The number of aliphatic hydroxyl groups is 1.